The van der Waals surface area contributed by atoms with Gasteiger partial charge < -0.3 is 0 Å². The van der Waals surface area contributed by atoms with Crippen molar-refractivity contribution in [3.05, 3.63) is 273 Å². The third-order valence-corrected chi connectivity index (χ3v) is 17.8. The third-order valence-electron chi connectivity index (χ3n) is 9.56. The zero-order valence-corrected chi connectivity index (χ0v) is 39.1. The molecule has 0 saturated carbocycles. The molecular formula is C54H48Cl2P3Pd+3. The number of hydrogen-bond acceptors (Lipinski definition) is 0. The van der Waals surface area contributed by atoms with Gasteiger partial charge in [-0.15, -0.1) is 0 Å². The fourth-order valence-electron chi connectivity index (χ4n) is 6.94. The Morgan fingerprint density at radius 3 is 0.350 bits per heavy atom. The molecule has 0 aromatic heterocycles. The summed E-state index contributed by atoms with van der Waals surface area (Å²) in [6.07, 6.45) is 0. The number of halogens is 2. The molecule has 9 aromatic rings. The normalized spacial score (nSPS) is 10.4. The summed E-state index contributed by atoms with van der Waals surface area (Å²) < 4.78 is 0. The number of hydrogen-bond donors (Lipinski definition) is 0. The molecule has 0 heterocycles. The summed E-state index contributed by atoms with van der Waals surface area (Å²) in [6, 6.07) is 97.5. The molecule has 0 unspecified atom stereocenters. The van der Waals surface area contributed by atoms with E-state index >= 15 is 0 Å². The van der Waals surface area contributed by atoms with E-state index in [1.165, 1.54) is 47.7 Å². The molecule has 9 aromatic carbocycles. The van der Waals surface area contributed by atoms with Crippen LogP contribution in [0.15, 0.2) is 273 Å². The summed E-state index contributed by atoms with van der Waals surface area (Å²) >= 11 is -0.106. The summed E-state index contributed by atoms with van der Waals surface area (Å²) in [6.45, 7) is 0. The van der Waals surface area contributed by atoms with Crippen LogP contribution in [0.4, 0.5) is 0 Å². The fourth-order valence-corrected chi connectivity index (χ4v) is 14.7. The van der Waals surface area contributed by atoms with E-state index in [1.807, 2.05) is 0 Å². The molecule has 0 fully saturated rings. The zero-order valence-electron chi connectivity index (χ0n) is 33.1. The van der Waals surface area contributed by atoms with E-state index in [0.29, 0.717) is 0 Å². The van der Waals surface area contributed by atoms with Gasteiger partial charge in [0, 0.05) is 0 Å². The van der Waals surface area contributed by atoms with Crippen molar-refractivity contribution in [1.82, 2.24) is 0 Å². The zero-order chi connectivity index (χ0) is 41.5. The smallest absolute Gasteiger partial charge is 0.0620 e. The fraction of sp³-hybridized carbons (Fsp3) is 0. The van der Waals surface area contributed by atoms with Gasteiger partial charge in [-0.05, 0) is 109 Å². The average molecular weight is 967 g/mol. The predicted molar refractivity (Wildman–Crippen MR) is 271 cm³/mol. The van der Waals surface area contributed by atoms with Gasteiger partial charge >= 0.3 is 35.0 Å². The second-order valence-electron chi connectivity index (χ2n) is 13.5. The predicted octanol–water partition coefficient (Wildman–Crippen LogP) is 10.9. The van der Waals surface area contributed by atoms with Crippen molar-refractivity contribution in [1.29, 1.82) is 0 Å². The van der Waals surface area contributed by atoms with Gasteiger partial charge in [-0.25, -0.2) is 0 Å². The molecule has 0 aliphatic rings. The Bertz CT molecular complexity index is 1890. The van der Waals surface area contributed by atoms with Gasteiger partial charge in [-0.2, -0.15) is 0 Å². The first kappa shape index (κ1) is 45.0. The average Bonchev–Trinajstić information content (AvgIpc) is 3.33. The monoisotopic (exact) mass is 965 g/mol. The van der Waals surface area contributed by atoms with Gasteiger partial charge in [0.1, 0.15) is 47.7 Å². The maximum Gasteiger partial charge on any atom is 0.102 e. The van der Waals surface area contributed by atoms with Gasteiger partial charge in [0.05, 0.1) is 23.8 Å². The molecule has 0 atom stereocenters. The topological polar surface area (TPSA) is 0 Å². The molecule has 9 rings (SSSR count). The van der Waals surface area contributed by atoms with Gasteiger partial charge in [-0.3, -0.25) is 0 Å². The van der Waals surface area contributed by atoms with Crippen LogP contribution in [0.1, 0.15) is 0 Å². The summed E-state index contributed by atoms with van der Waals surface area (Å²) in [5.74, 6) is 0. The molecule has 0 N–H and O–H groups in total. The van der Waals surface area contributed by atoms with E-state index in [4.69, 9.17) is 19.1 Å². The number of benzene rings is 9. The SMILES string of the molecule is [Cl][Pd][Cl].c1ccc([PH+](c2ccccc2)c2ccccc2)cc1.c1ccc([PH+](c2ccccc2)c2ccccc2)cc1.c1ccc([PH+](c2ccccc2)c2ccccc2)cc1. The van der Waals surface area contributed by atoms with Crippen LogP contribution in [0, 0.1) is 0 Å². The molecule has 300 valence electrons. The van der Waals surface area contributed by atoms with E-state index in [2.05, 4.69) is 273 Å². The maximum absolute atomic E-state index is 4.81. The standard InChI is InChI=1S/3C18H15P.2ClH.Pd/c3*1-4-10-16(11-5-1)19(17-12-6-2-7-13-17)18-14-8-3-9-15-18;;;/h3*1-15H;2*1H;/q;;;;;+2/p+1. The summed E-state index contributed by atoms with van der Waals surface area (Å²) in [7, 11) is 7.00. The van der Waals surface area contributed by atoms with Crippen LogP contribution in [0.2, 0.25) is 0 Å². The van der Waals surface area contributed by atoms with Crippen LogP contribution in [0.25, 0.3) is 0 Å². The van der Waals surface area contributed by atoms with E-state index in [0.717, 1.165) is 0 Å². The third kappa shape index (κ3) is 13.8. The minimum Gasteiger partial charge on any atom is -0.0620 e. The second-order valence-corrected chi connectivity index (χ2v) is 23.3. The molecule has 0 amide bonds. The van der Waals surface area contributed by atoms with Gasteiger partial charge in [-0.1, -0.05) is 164 Å². The summed E-state index contributed by atoms with van der Waals surface area (Å²) in [4.78, 5) is 0. The van der Waals surface area contributed by atoms with Crippen LogP contribution < -0.4 is 47.7 Å². The van der Waals surface area contributed by atoms with E-state index in [1.54, 1.807) is 0 Å². The van der Waals surface area contributed by atoms with Crippen molar-refractivity contribution in [2.24, 2.45) is 0 Å². The molecule has 60 heavy (non-hydrogen) atoms. The van der Waals surface area contributed by atoms with E-state index in [-0.39, 0.29) is 15.9 Å². The Hall–Kier alpha value is -4.49. The largest absolute Gasteiger partial charge is 0.102 e. The Morgan fingerprint density at radius 2 is 0.267 bits per heavy atom. The first-order valence-corrected chi connectivity index (χ1v) is 28.2. The Kier molecular flexibility index (Phi) is 19.5. The minimum atomic E-state index is -0.877. The second kappa shape index (κ2) is 26.0. The molecule has 0 spiro atoms. The van der Waals surface area contributed by atoms with Gasteiger partial charge in [0.2, 0.25) is 0 Å². The van der Waals surface area contributed by atoms with Crippen LogP contribution in [-0.2, 0) is 15.9 Å². The van der Waals surface area contributed by atoms with Crippen molar-refractivity contribution in [3.63, 3.8) is 0 Å². The van der Waals surface area contributed by atoms with Gasteiger partial charge in [0.15, 0.2) is 0 Å². The Labute approximate surface area is 376 Å². The maximum atomic E-state index is 4.81. The van der Waals surface area contributed by atoms with Crippen LogP contribution in [-0.4, -0.2) is 0 Å². The molecule has 0 nitrogen and oxygen atoms in total. The number of rotatable bonds is 9. The first-order chi connectivity index (χ1) is 29.8. The Morgan fingerprint density at radius 1 is 0.183 bits per heavy atom. The van der Waals surface area contributed by atoms with Crippen LogP contribution in [0.5, 0.6) is 0 Å². The molecule has 0 radical (unpaired) electrons. The molecule has 0 aliphatic heterocycles. The quantitative estimate of drug-likeness (QED) is 0.0999. The minimum absolute atomic E-state index is 0.106. The molecule has 0 aliphatic carbocycles. The van der Waals surface area contributed by atoms with Crippen molar-refractivity contribution in [3.8, 4) is 0 Å². The molecular weight excluding hydrogens is 919 g/mol. The van der Waals surface area contributed by atoms with Crippen molar-refractivity contribution < 1.29 is 15.9 Å². The Balaban J connectivity index is 0.000000146. The van der Waals surface area contributed by atoms with Crippen molar-refractivity contribution in [2.75, 3.05) is 0 Å². The summed E-state index contributed by atoms with van der Waals surface area (Å²) in [5.41, 5.74) is 0. The first-order valence-electron chi connectivity index (χ1n) is 19.7. The van der Waals surface area contributed by atoms with Crippen molar-refractivity contribution >= 4 is 90.6 Å². The van der Waals surface area contributed by atoms with Crippen LogP contribution in [0.3, 0.4) is 0 Å². The van der Waals surface area contributed by atoms with Gasteiger partial charge in [0.25, 0.3) is 0 Å². The van der Waals surface area contributed by atoms with Crippen LogP contribution >= 0.6 is 42.8 Å². The van der Waals surface area contributed by atoms with E-state index < -0.39 is 23.8 Å². The molecule has 6 heteroatoms. The molecule has 0 saturated heterocycles. The van der Waals surface area contributed by atoms with Crippen molar-refractivity contribution in [2.45, 2.75) is 0 Å². The summed E-state index contributed by atoms with van der Waals surface area (Å²) in [5, 5.41) is 12.9. The van der Waals surface area contributed by atoms with E-state index in [9.17, 15) is 0 Å². The molecule has 0 bridgehead atoms.